The summed E-state index contributed by atoms with van der Waals surface area (Å²) in [5.41, 5.74) is 0.823. The van der Waals surface area contributed by atoms with Crippen molar-refractivity contribution in [3.63, 3.8) is 0 Å². The molecule has 2 N–H and O–H groups in total. The highest BCUT2D eigenvalue weighted by Gasteiger charge is 2.31. The highest BCUT2D eigenvalue weighted by Crippen LogP contribution is 2.26. The summed E-state index contributed by atoms with van der Waals surface area (Å²) in [6, 6.07) is 4.45. The summed E-state index contributed by atoms with van der Waals surface area (Å²) < 4.78 is 60.4. The third-order valence-electron chi connectivity index (χ3n) is 3.73. The van der Waals surface area contributed by atoms with Gasteiger partial charge in [-0.1, -0.05) is 18.2 Å². The lowest BCUT2D eigenvalue weighted by atomic mass is 10.2. The third-order valence-corrected chi connectivity index (χ3v) is 5.28. The number of anilines is 1. The van der Waals surface area contributed by atoms with Gasteiger partial charge < -0.3 is 10.6 Å². The Hall–Kier alpha value is -2.30. The second kappa shape index (κ2) is 7.52. The van der Waals surface area contributed by atoms with Crippen molar-refractivity contribution in [3.05, 3.63) is 29.8 Å². The van der Waals surface area contributed by atoms with Gasteiger partial charge in [0.2, 0.25) is 5.91 Å². The van der Waals surface area contributed by atoms with Crippen LogP contribution in [0, 0.1) is 0 Å². The molecule has 1 unspecified atom stereocenters. The van der Waals surface area contributed by atoms with Crippen molar-refractivity contribution in [1.29, 1.82) is 0 Å². The Kier molecular flexibility index (Phi) is 5.79. The number of nitrogens with one attached hydrogen (secondary N) is 2. The predicted octanol–water partition coefficient (Wildman–Crippen LogP) is 1.20. The standard InChI is InChI=1S/C15H18F3N3O4S/c1-10(13(22)19-9-15(16,17)18)20-14(23)21-6-7-26(24,25)8-11-4-2-3-5-12(11)21/h2-5,10H,6-9H2,1H3,(H,19,22)(H,20,23). The topological polar surface area (TPSA) is 95.6 Å². The van der Waals surface area contributed by atoms with E-state index >= 15 is 0 Å². The Morgan fingerprint density at radius 3 is 2.58 bits per heavy atom. The van der Waals surface area contributed by atoms with E-state index in [1.165, 1.54) is 11.8 Å². The summed E-state index contributed by atoms with van der Waals surface area (Å²) >= 11 is 0. The van der Waals surface area contributed by atoms with E-state index in [2.05, 4.69) is 5.32 Å². The first kappa shape index (κ1) is 20.0. The predicted molar refractivity (Wildman–Crippen MR) is 88.3 cm³/mol. The Labute approximate surface area is 148 Å². The maximum atomic E-state index is 12.5. The van der Waals surface area contributed by atoms with Gasteiger partial charge in [0.1, 0.15) is 12.6 Å². The van der Waals surface area contributed by atoms with Gasteiger partial charge in [-0.15, -0.1) is 0 Å². The number of fused-ring (bicyclic) bond motifs is 1. The molecule has 26 heavy (non-hydrogen) atoms. The zero-order valence-electron chi connectivity index (χ0n) is 13.8. The van der Waals surface area contributed by atoms with Crippen molar-refractivity contribution in [2.24, 2.45) is 0 Å². The minimum atomic E-state index is -4.56. The van der Waals surface area contributed by atoms with E-state index in [1.54, 1.807) is 29.6 Å². The van der Waals surface area contributed by atoms with E-state index in [0.717, 1.165) is 0 Å². The molecule has 1 aromatic rings. The van der Waals surface area contributed by atoms with Crippen molar-refractivity contribution in [2.75, 3.05) is 23.7 Å². The van der Waals surface area contributed by atoms with Crippen LogP contribution in [0.2, 0.25) is 0 Å². The quantitative estimate of drug-likeness (QED) is 0.807. The summed E-state index contributed by atoms with van der Waals surface area (Å²) in [7, 11) is -3.39. The van der Waals surface area contributed by atoms with Crippen molar-refractivity contribution < 1.29 is 31.2 Å². The third kappa shape index (κ3) is 5.35. The molecule has 1 aromatic carbocycles. The molecule has 2 rings (SSSR count). The number of carbonyl (C=O) groups excluding carboxylic acids is 2. The highest BCUT2D eigenvalue weighted by atomic mass is 32.2. The van der Waals surface area contributed by atoms with Gasteiger partial charge in [-0.05, 0) is 18.6 Å². The fraction of sp³-hybridized carbons (Fsp3) is 0.467. The van der Waals surface area contributed by atoms with E-state index in [0.29, 0.717) is 11.3 Å². The second-order valence-electron chi connectivity index (χ2n) is 5.88. The molecule has 7 nitrogen and oxygen atoms in total. The number of urea groups is 1. The van der Waals surface area contributed by atoms with Crippen LogP contribution in [0.15, 0.2) is 24.3 Å². The molecule has 0 aromatic heterocycles. The number of hydrogen-bond acceptors (Lipinski definition) is 4. The molecule has 0 radical (unpaired) electrons. The smallest absolute Gasteiger partial charge is 0.345 e. The Balaban J connectivity index is 2.10. The number of benzene rings is 1. The highest BCUT2D eigenvalue weighted by molar-refractivity contribution is 7.90. The average Bonchev–Trinajstić information content (AvgIpc) is 2.66. The number of para-hydroxylation sites is 1. The number of nitrogens with zero attached hydrogens (tertiary/aromatic N) is 1. The van der Waals surface area contributed by atoms with Gasteiger partial charge in [0, 0.05) is 12.2 Å². The molecule has 0 aliphatic carbocycles. The number of amides is 3. The minimum absolute atomic E-state index is 0.123. The summed E-state index contributed by atoms with van der Waals surface area (Å²) in [5, 5.41) is 3.98. The van der Waals surface area contributed by atoms with Crippen molar-refractivity contribution in [3.8, 4) is 0 Å². The monoisotopic (exact) mass is 393 g/mol. The maximum Gasteiger partial charge on any atom is 0.405 e. The first-order valence-corrected chi connectivity index (χ1v) is 9.51. The molecule has 0 bridgehead atoms. The van der Waals surface area contributed by atoms with Crippen LogP contribution in [0.3, 0.4) is 0 Å². The van der Waals surface area contributed by atoms with Gasteiger partial charge in [0.05, 0.1) is 11.5 Å². The van der Waals surface area contributed by atoms with Crippen LogP contribution in [0.1, 0.15) is 12.5 Å². The molecule has 0 spiro atoms. The molecule has 11 heteroatoms. The van der Waals surface area contributed by atoms with Gasteiger partial charge in [-0.25, -0.2) is 13.2 Å². The lowest BCUT2D eigenvalue weighted by molar-refractivity contribution is -0.139. The maximum absolute atomic E-state index is 12.5. The van der Waals surface area contributed by atoms with E-state index in [-0.39, 0.29) is 18.1 Å². The number of rotatable bonds is 3. The van der Waals surface area contributed by atoms with Crippen molar-refractivity contribution in [1.82, 2.24) is 10.6 Å². The number of carbonyl (C=O) groups is 2. The Morgan fingerprint density at radius 2 is 1.92 bits per heavy atom. The van der Waals surface area contributed by atoms with Crippen LogP contribution in [0.5, 0.6) is 0 Å². The van der Waals surface area contributed by atoms with E-state index in [9.17, 15) is 31.2 Å². The summed E-state index contributed by atoms with van der Waals surface area (Å²) in [6.07, 6.45) is -4.56. The summed E-state index contributed by atoms with van der Waals surface area (Å²) in [4.78, 5) is 25.3. The number of alkyl halides is 3. The zero-order chi connectivity index (χ0) is 19.5. The van der Waals surface area contributed by atoms with Crippen LogP contribution < -0.4 is 15.5 Å². The molecule has 1 heterocycles. The molecular formula is C15H18F3N3O4S. The van der Waals surface area contributed by atoms with Gasteiger partial charge in [-0.3, -0.25) is 9.69 Å². The van der Waals surface area contributed by atoms with Gasteiger partial charge in [0.25, 0.3) is 0 Å². The minimum Gasteiger partial charge on any atom is -0.345 e. The van der Waals surface area contributed by atoms with Crippen molar-refractivity contribution >= 4 is 27.5 Å². The lowest BCUT2D eigenvalue weighted by Gasteiger charge is -2.24. The zero-order valence-corrected chi connectivity index (χ0v) is 14.7. The lowest BCUT2D eigenvalue weighted by Crippen LogP contribution is -2.51. The molecule has 0 saturated heterocycles. The number of halogens is 3. The molecule has 144 valence electrons. The van der Waals surface area contributed by atoms with E-state index in [1.807, 2.05) is 0 Å². The van der Waals surface area contributed by atoms with Crippen LogP contribution in [0.25, 0.3) is 0 Å². The largest absolute Gasteiger partial charge is 0.405 e. The molecule has 3 amide bonds. The summed E-state index contributed by atoms with van der Waals surface area (Å²) in [5.74, 6) is -1.47. The Morgan fingerprint density at radius 1 is 1.27 bits per heavy atom. The average molecular weight is 393 g/mol. The van der Waals surface area contributed by atoms with Crippen LogP contribution >= 0.6 is 0 Å². The molecule has 0 fully saturated rings. The van der Waals surface area contributed by atoms with E-state index in [4.69, 9.17) is 0 Å². The van der Waals surface area contributed by atoms with E-state index < -0.39 is 40.5 Å². The normalized spacial score (nSPS) is 17.6. The second-order valence-corrected chi connectivity index (χ2v) is 8.06. The molecule has 1 aliphatic heterocycles. The van der Waals surface area contributed by atoms with Crippen LogP contribution in [0.4, 0.5) is 23.7 Å². The molecular weight excluding hydrogens is 375 g/mol. The van der Waals surface area contributed by atoms with Gasteiger partial charge in [0.15, 0.2) is 9.84 Å². The van der Waals surface area contributed by atoms with Crippen molar-refractivity contribution in [2.45, 2.75) is 24.9 Å². The Bertz CT molecular complexity index is 796. The fourth-order valence-electron chi connectivity index (χ4n) is 2.44. The first-order valence-electron chi connectivity index (χ1n) is 7.69. The molecule has 1 atom stereocenters. The van der Waals surface area contributed by atoms with Gasteiger partial charge in [-0.2, -0.15) is 13.2 Å². The van der Waals surface area contributed by atoms with Gasteiger partial charge >= 0.3 is 12.2 Å². The number of hydrogen-bond donors (Lipinski definition) is 2. The molecule has 0 saturated carbocycles. The van der Waals surface area contributed by atoms with Crippen LogP contribution in [-0.4, -0.2) is 51.4 Å². The molecule has 1 aliphatic rings. The summed E-state index contributed by atoms with van der Waals surface area (Å²) in [6.45, 7) is -0.386. The first-order chi connectivity index (χ1) is 12.0. The SMILES string of the molecule is CC(NC(=O)N1CCS(=O)(=O)Cc2ccccc21)C(=O)NCC(F)(F)F. The fourth-order valence-corrected chi connectivity index (χ4v) is 3.76. The van der Waals surface area contributed by atoms with Crippen LogP contribution in [-0.2, 0) is 20.4 Å². The number of sulfone groups is 1.